The molecule has 0 radical (unpaired) electrons. The highest BCUT2D eigenvalue weighted by Gasteiger charge is 2.30. The number of rotatable bonds is 9. The first kappa shape index (κ1) is 24.8. The van der Waals surface area contributed by atoms with Crippen LogP contribution in [0.15, 0.2) is 79.0 Å². The standard InChI is InChI=1S/C26H23F3N4O3/c1-35-24-12-19(15-30-25(34)13-18-6-3-2-4-7-18)10-11-23(24)36-17-21-16-33(32-31-21)22-9-5-8-20(14-22)26(27,28)29/h2-12,14,16H,13,15,17H2,1H3,(H,30,34). The summed E-state index contributed by atoms with van der Waals surface area (Å²) in [5.74, 6) is 0.824. The molecule has 3 aromatic carbocycles. The molecule has 1 aromatic heterocycles. The molecule has 0 fully saturated rings. The Morgan fingerprint density at radius 2 is 1.78 bits per heavy atom. The number of benzene rings is 3. The Morgan fingerprint density at radius 1 is 0.972 bits per heavy atom. The zero-order valence-electron chi connectivity index (χ0n) is 19.3. The highest BCUT2D eigenvalue weighted by atomic mass is 19.4. The summed E-state index contributed by atoms with van der Waals surface area (Å²) in [6.45, 7) is 0.357. The monoisotopic (exact) mass is 496 g/mol. The van der Waals surface area contributed by atoms with E-state index in [9.17, 15) is 18.0 Å². The van der Waals surface area contributed by atoms with Crippen LogP contribution in [0.1, 0.15) is 22.4 Å². The summed E-state index contributed by atoms with van der Waals surface area (Å²) in [5.41, 5.74) is 1.65. The summed E-state index contributed by atoms with van der Waals surface area (Å²) in [6, 6.07) is 19.6. The van der Waals surface area contributed by atoms with Crippen LogP contribution in [-0.2, 0) is 30.5 Å². The zero-order chi connectivity index (χ0) is 25.5. The molecule has 10 heteroatoms. The second-order valence-corrected chi connectivity index (χ2v) is 7.92. The van der Waals surface area contributed by atoms with Gasteiger partial charge in [0, 0.05) is 6.54 Å². The van der Waals surface area contributed by atoms with E-state index in [4.69, 9.17) is 9.47 Å². The quantitative estimate of drug-likeness (QED) is 0.363. The maximum Gasteiger partial charge on any atom is 0.416 e. The van der Waals surface area contributed by atoms with Crippen LogP contribution < -0.4 is 14.8 Å². The number of nitrogens with one attached hydrogen (secondary N) is 1. The van der Waals surface area contributed by atoms with Crippen molar-refractivity contribution in [3.05, 3.63) is 101 Å². The third-order valence-corrected chi connectivity index (χ3v) is 5.28. The van der Waals surface area contributed by atoms with E-state index in [0.29, 0.717) is 30.2 Å². The molecule has 0 aliphatic rings. The van der Waals surface area contributed by atoms with Gasteiger partial charge < -0.3 is 14.8 Å². The number of amides is 1. The smallest absolute Gasteiger partial charge is 0.416 e. The average molecular weight is 496 g/mol. The number of nitrogens with zero attached hydrogens (tertiary/aromatic N) is 3. The summed E-state index contributed by atoms with van der Waals surface area (Å²) in [5, 5.41) is 10.8. The molecule has 4 aromatic rings. The van der Waals surface area contributed by atoms with E-state index in [1.54, 1.807) is 18.2 Å². The summed E-state index contributed by atoms with van der Waals surface area (Å²) in [4.78, 5) is 12.2. The number of aromatic nitrogens is 3. The Hall–Kier alpha value is -4.34. The molecule has 0 atom stereocenters. The molecular weight excluding hydrogens is 473 g/mol. The Morgan fingerprint density at radius 3 is 2.53 bits per heavy atom. The lowest BCUT2D eigenvalue weighted by Crippen LogP contribution is -2.24. The molecule has 4 rings (SSSR count). The summed E-state index contributed by atoms with van der Waals surface area (Å²) in [6.07, 6.45) is -2.66. The maximum atomic E-state index is 13.0. The van der Waals surface area contributed by atoms with Crippen molar-refractivity contribution in [2.24, 2.45) is 0 Å². The first-order valence-corrected chi connectivity index (χ1v) is 11.0. The van der Waals surface area contributed by atoms with Crippen molar-refractivity contribution in [1.29, 1.82) is 0 Å². The van der Waals surface area contributed by atoms with Gasteiger partial charge in [-0.3, -0.25) is 4.79 Å². The first-order valence-electron chi connectivity index (χ1n) is 11.0. The minimum absolute atomic E-state index is 0.0302. The van der Waals surface area contributed by atoms with Gasteiger partial charge in [0.1, 0.15) is 12.3 Å². The second kappa shape index (κ2) is 10.9. The van der Waals surface area contributed by atoms with E-state index in [-0.39, 0.29) is 18.2 Å². The molecule has 1 heterocycles. The Labute approximate surface area is 205 Å². The van der Waals surface area contributed by atoms with Gasteiger partial charge in [0.05, 0.1) is 31.0 Å². The van der Waals surface area contributed by atoms with Crippen molar-refractivity contribution in [1.82, 2.24) is 20.3 Å². The van der Waals surface area contributed by atoms with Gasteiger partial charge in [0.25, 0.3) is 0 Å². The number of alkyl halides is 3. The molecule has 0 aliphatic carbocycles. The third kappa shape index (κ3) is 6.41. The van der Waals surface area contributed by atoms with Gasteiger partial charge in [0.15, 0.2) is 11.5 Å². The van der Waals surface area contributed by atoms with Gasteiger partial charge in [-0.25, -0.2) is 4.68 Å². The van der Waals surface area contributed by atoms with Crippen LogP contribution in [0, 0.1) is 0 Å². The van der Waals surface area contributed by atoms with Gasteiger partial charge in [-0.2, -0.15) is 13.2 Å². The molecule has 186 valence electrons. The summed E-state index contributed by atoms with van der Waals surface area (Å²) in [7, 11) is 1.50. The lowest BCUT2D eigenvalue weighted by atomic mass is 10.1. The second-order valence-electron chi connectivity index (χ2n) is 7.92. The van der Waals surface area contributed by atoms with Crippen molar-refractivity contribution in [2.45, 2.75) is 25.7 Å². The Bertz CT molecular complexity index is 1320. The number of methoxy groups -OCH3 is 1. The molecule has 0 bridgehead atoms. The number of carbonyl (C=O) groups excluding carboxylic acids is 1. The summed E-state index contributed by atoms with van der Waals surface area (Å²) >= 11 is 0. The molecular formula is C26H23F3N4O3. The van der Waals surface area contributed by atoms with Crippen molar-refractivity contribution in [2.75, 3.05) is 7.11 Å². The van der Waals surface area contributed by atoms with E-state index in [1.165, 1.54) is 30.1 Å². The Kier molecular flexibility index (Phi) is 7.53. The fraction of sp³-hybridized carbons (Fsp3) is 0.192. The molecule has 0 aliphatic heterocycles. The van der Waals surface area contributed by atoms with Gasteiger partial charge in [-0.15, -0.1) is 5.10 Å². The predicted octanol–water partition coefficient (Wildman–Crippen LogP) is 4.73. The van der Waals surface area contributed by atoms with Crippen molar-refractivity contribution in [3.63, 3.8) is 0 Å². The summed E-state index contributed by atoms with van der Waals surface area (Å²) < 4.78 is 51.4. The van der Waals surface area contributed by atoms with Crippen LogP contribution in [-0.4, -0.2) is 28.0 Å². The Balaban J connectivity index is 1.35. The molecule has 0 spiro atoms. The lowest BCUT2D eigenvalue weighted by Gasteiger charge is -2.12. The van der Waals surface area contributed by atoms with Gasteiger partial charge >= 0.3 is 6.18 Å². The van der Waals surface area contributed by atoms with Gasteiger partial charge in [0.2, 0.25) is 5.91 Å². The van der Waals surface area contributed by atoms with Crippen LogP contribution in [0.5, 0.6) is 11.5 Å². The number of hydrogen-bond acceptors (Lipinski definition) is 5. The molecule has 7 nitrogen and oxygen atoms in total. The number of hydrogen-bond donors (Lipinski definition) is 1. The average Bonchev–Trinajstić information content (AvgIpc) is 3.36. The minimum Gasteiger partial charge on any atom is -0.493 e. The normalized spacial score (nSPS) is 11.2. The van der Waals surface area contributed by atoms with Crippen LogP contribution in [0.3, 0.4) is 0 Å². The fourth-order valence-electron chi connectivity index (χ4n) is 3.45. The fourth-order valence-corrected chi connectivity index (χ4v) is 3.45. The highest BCUT2D eigenvalue weighted by Crippen LogP contribution is 2.31. The largest absolute Gasteiger partial charge is 0.493 e. The van der Waals surface area contributed by atoms with Crippen molar-refractivity contribution >= 4 is 5.91 Å². The van der Waals surface area contributed by atoms with Crippen LogP contribution in [0.4, 0.5) is 13.2 Å². The topological polar surface area (TPSA) is 78.3 Å². The zero-order valence-corrected chi connectivity index (χ0v) is 19.3. The highest BCUT2D eigenvalue weighted by molar-refractivity contribution is 5.78. The van der Waals surface area contributed by atoms with Gasteiger partial charge in [-0.05, 0) is 41.5 Å². The van der Waals surface area contributed by atoms with Crippen LogP contribution in [0.25, 0.3) is 5.69 Å². The minimum atomic E-state index is -4.45. The van der Waals surface area contributed by atoms with Crippen molar-refractivity contribution in [3.8, 4) is 17.2 Å². The third-order valence-electron chi connectivity index (χ3n) is 5.28. The maximum absolute atomic E-state index is 13.0. The number of carbonyl (C=O) groups is 1. The van der Waals surface area contributed by atoms with Crippen LogP contribution >= 0.6 is 0 Å². The number of halogens is 3. The number of ether oxygens (including phenoxy) is 2. The predicted molar refractivity (Wildman–Crippen MR) is 126 cm³/mol. The first-order chi connectivity index (χ1) is 17.3. The SMILES string of the molecule is COc1cc(CNC(=O)Cc2ccccc2)ccc1OCc1cn(-c2cccc(C(F)(F)F)c2)nn1. The van der Waals surface area contributed by atoms with Crippen molar-refractivity contribution < 1.29 is 27.4 Å². The lowest BCUT2D eigenvalue weighted by molar-refractivity contribution is -0.137. The molecule has 1 amide bonds. The molecule has 0 unspecified atom stereocenters. The van der Waals surface area contributed by atoms with E-state index in [1.807, 2.05) is 30.3 Å². The van der Waals surface area contributed by atoms with E-state index in [0.717, 1.165) is 23.3 Å². The van der Waals surface area contributed by atoms with E-state index >= 15 is 0 Å². The molecule has 0 saturated heterocycles. The van der Waals surface area contributed by atoms with Crippen LogP contribution in [0.2, 0.25) is 0 Å². The van der Waals surface area contributed by atoms with Gasteiger partial charge in [-0.1, -0.05) is 47.7 Å². The molecule has 0 saturated carbocycles. The molecule has 36 heavy (non-hydrogen) atoms. The van der Waals surface area contributed by atoms with E-state index in [2.05, 4.69) is 15.6 Å². The molecule has 1 N–H and O–H groups in total. The van der Waals surface area contributed by atoms with E-state index < -0.39 is 11.7 Å².